The van der Waals surface area contributed by atoms with Gasteiger partial charge in [-0.1, -0.05) is 12.7 Å². The molecule has 0 aliphatic heterocycles. The minimum atomic E-state index is 1.12. The molecule has 2 aromatic heterocycles. The molecule has 0 aliphatic carbocycles. The maximum atomic E-state index is 4.09. The minimum absolute atomic E-state index is 1.12. The van der Waals surface area contributed by atoms with E-state index in [0.717, 1.165) is 5.56 Å². The quantitative estimate of drug-likeness (QED) is 0.626. The van der Waals surface area contributed by atoms with Gasteiger partial charge in [-0.3, -0.25) is 4.98 Å². The molecule has 0 amide bonds. The number of fused-ring (bicyclic) bond motifs is 1. The first kappa shape index (κ1) is 6.55. The van der Waals surface area contributed by atoms with Crippen molar-refractivity contribution in [3.8, 4) is 0 Å². The van der Waals surface area contributed by atoms with Gasteiger partial charge in [0.15, 0.2) is 0 Å². The summed E-state index contributed by atoms with van der Waals surface area (Å²) in [5, 5.41) is 3.27. The van der Waals surface area contributed by atoms with Crippen molar-refractivity contribution >= 4 is 27.5 Å². The maximum absolute atomic E-state index is 4.09. The Kier molecular flexibility index (Phi) is 1.47. The molecule has 0 N–H and O–H groups in total. The largest absolute Gasteiger partial charge is 0.263 e. The second kappa shape index (κ2) is 2.47. The predicted octanol–water partition coefficient (Wildman–Crippen LogP) is 2.94. The smallest absolute Gasteiger partial charge is 0.0445 e. The van der Waals surface area contributed by atoms with Gasteiger partial charge < -0.3 is 0 Å². The van der Waals surface area contributed by atoms with Crippen molar-refractivity contribution in [2.75, 3.05) is 0 Å². The van der Waals surface area contributed by atoms with E-state index in [1.807, 2.05) is 18.5 Å². The fourth-order valence-electron chi connectivity index (χ4n) is 1.06. The summed E-state index contributed by atoms with van der Waals surface area (Å²) in [6.45, 7) is 3.73. The zero-order valence-electron chi connectivity index (χ0n) is 5.95. The Labute approximate surface area is 69.0 Å². The van der Waals surface area contributed by atoms with E-state index >= 15 is 0 Å². The molecule has 2 aromatic rings. The summed E-state index contributed by atoms with van der Waals surface area (Å²) in [5.41, 5.74) is 1.12. The summed E-state index contributed by atoms with van der Waals surface area (Å²) in [7, 11) is 0. The van der Waals surface area contributed by atoms with Gasteiger partial charge in [-0.2, -0.15) is 0 Å². The van der Waals surface area contributed by atoms with E-state index in [0.29, 0.717) is 0 Å². The molecular formula is C9H7NS. The van der Waals surface area contributed by atoms with Crippen LogP contribution < -0.4 is 0 Å². The van der Waals surface area contributed by atoms with Crippen molar-refractivity contribution in [3.05, 3.63) is 36.0 Å². The third-order valence-electron chi connectivity index (χ3n) is 1.61. The number of nitrogens with zero attached hydrogens (tertiary/aromatic N) is 1. The van der Waals surface area contributed by atoms with Crippen LogP contribution in [0.1, 0.15) is 5.56 Å². The van der Waals surface area contributed by atoms with Gasteiger partial charge in [0.25, 0.3) is 0 Å². The van der Waals surface area contributed by atoms with Crippen molar-refractivity contribution in [3.63, 3.8) is 0 Å². The van der Waals surface area contributed by atoms with Crippen LogP contribution in [0.2, 0.25) is 0 Å². The van der Waals surface area contributed by atoms with Crippen LogP contribution in [0.4, 0.5) is 0 Å². The van der Waals surface area contributed by atoms with E-state index in [9.17, 15) is 0 Å². The fourth-order valence-corrected chi connectivity index (χ4v) is 1.94. The average Bonchev–Trinajstić information content (AvgIpc) is 2.50. The highest BCUT2D eigenvalue weighted by molar-refractivity contribution is 7.17. The molecule has 0 atom stereocenters. The third kappa shape index (κ3) is 0.955. The van der Waals surface area contributed by atoms with Crippen LogP contribution in [0.5, 0.6) is 0 Å². The molecule has 0 saturated carbocycles. The van der Waals surface area contributed by atoms with Crippen LogP contribution in [-0.4, -0.2) is 4.98 Å². The molecule has 54 valence electrons. The van der Waals surface area contributed by atoms with Crippen LogP contribution in [0, 0.1) is 0 Å². The Bertz CT molecular complexity index is 389. The van der Waals surface area contributed by atoms with Crippen LogP contribution >= 0.6 is 11.3 Å². The van der Waals surface area contributed by atoms with E-state index in [2.05, 4.69) is 23.0 Å². The van der Waals surface area contributed by atoms with Gasteiger partial charge >= 0.3 is 0 Å². The number of thiophene rings is 1. The lowest BCUT2D eigenvalue weighted by molar-refractivity contribution is 1.36. The SMILES string of the molecule is C=Cc1cncc2ccsc12. The number of rotatable bonds is 1. The standard InChI is InChI=1S/C9H7NS/c1-2-7-5-10-6-8-3-4-11-9(7)8/h2-6H,1H2. The molecular weight excluding hydrogens is 154 g/mol. The summed E-state index contributed by atoms with van der Waals surface area (Å²) in [6.07, 6.45) is 5.55. The highest BCUT2D eigenvalue weighted by Gasteiger charge is 1.97. The van der Waals surface area contributed by atoms with Crippen molar-refractivity contribution in [1.29, 1.82) is 0 Å². The van der Waals surface area contributed by atoms with Crippen molar-refractivity contribution in [2.24, 2.45) is 0 Å². The fraction of sp³-hybridized carbons (Fsp3) is 0. The predicted molar refractivity (Wildman–Crippen MR) is 49.7 cm³/mol. The number of hydrogen-bond acceptors (Lipinski definition) is 2. The normalized spacial score (nSPS) is 10.2. The molecule has 0 bridgehead atoms. The second-order valence-corrected chi connectivity index (χ2v) is 3.19. The Balaban J connectivity index is 2.88. The Morgan fingerprint density at radius 2 is 2.36 bits per heavy atom. The molecule has 2 heteroatoms. The molecule has 0 unspecified atom stereocenters. The molecule has 2 rings (SSSR count). The minimum Gasteiger partial charge on any atom is -0.263 e. The summed E-state index contributed by atoms with van der Waals surface area (Å²) >= 11 is 1.73. The molecule has 0 aliphatic rings. The van der Waals surface area contributed by atoms with Gasteiger partial charge in [0.1, 0.15) is 0 Å². The van der Waals surface area contributed by atoms with E-state index in [1.54, 1.807) is 11.3 Å². The highest BCUT2D eigenvalue weighted by atomic mass is 32.1. The van der Waals surface area contributed by atoms with E-state index in [-0.39, 0.29) is 0 Å². The number of pyridine rings is 1. The Morgan fingerprint density at radius 3 is 3.18 bits per heavy atom. The average molecular weight is 161 g/mol. The maximum Gasteiger partial charge on any atom is 0.0445 e. The molecule has 0 fully saturated rings. The van der Waals surface area contributed by atoms with Crippen molar-refractivity contribution in [2.45, 2.75) is 0 Å². The molecule has 1 nitrogen and oxygen atoms in total. The lowest BCUT2D eigenvalue weighted by atomic mass is 10.2. The van der Waals surface area contributed by atoms with E-state index in [1.165, 1.54) is 10.1 Å². The van der Waals surface area contributed by atoms with Gasteiger partial charge in [-0.15, -0.1) is 11.3 Å². The lowest BCUT2D eigenvalue weighted by Crippen LogP contribution is -1.74. The van der Waals surface area contributed by atoms with Crippen molar-refractivity contribution < 1.29 is 0 Å². The van der Waals surface area contributed by atoms with Gasteiger partial charge in [0, 0.05) is 28.0 Å². The van der Waals surface area contributed by atoms with Gasteiger partial charge in [-0.25, -0.2) is 0 Å². The van der Waals surface area contributed by atoms with E-state index in [4.69, 9.17) is 0 Å². The first-order chi connectivity index (χ1) is 5.42. The summed E-state index contributed by atoms with van der Waals surface area (Å²) < 4.78 is 1.27. The summed E-state index contributed by atoms with van der Waals surface area (Å²) in [5.74, 6) is 0. The highest BCUT2D eigenvalue weighted by Crippen LogP contribution is 2.23. The molecule has 0 saturated heterocycles. The zero-order chi connectivity index (χ0) is 7.68. The van der Waals surface area contributed by atoms with Gasteiger partial charge in [0.2, 0.25) is 0 Å². The summed E-state index contributed by atoms with van der Waals surface area (Å²) in [4.78, 5) is 4.09. The third-order valence-corrected chi connectivity index (χ3v) is 2.58. The molecule has 0 aromatic carbocycles. The summed E-state index contributed by atoms with van der Waals surface area (Å²) in [6, 6.07) is 2.07. The number of aromatic nitrogens is 1. The topological polar surface area (TPSA) is 12.9 Å². The molecule has 0 radical (unpaired) electrons. The monoisotopic (exact) mass is 161 g/mol. The van der Waals surface area contributed by atoms with E-state index < -0.39 is 0 Å². The van der Waals surface area contributed by atoms with Crippen molar-refractivity contribution in [1.82, 2.24) is 4.98 Å². The first-order valence-electron chi connectivity index (χ1n) is 3.35. The second-order valence-electron chi connectivity index (χ2n) is 2.27. The van der Waals surface area contributed by atoms with Crippen LogP contribution in [-0.2, 0) is 0 Å². The van der Waals surface area contributed by atoms with Crippen LogP contribution in [0.3, 0.4) is 0 Å². The van der Waals surface area contributed by atoms with Crippen LogP contribution in [0.25, 0.3) is 16.2 Å². The Morgan fingerprint density at radius 1 is 1.45 bits per heavy atom. The van der Waals surface area contributed by atoms with Crippen LogP contribution in [0.15, 0.2) is 30.4 Å². The Hall–Kier alpha value is -1.15. The lowest BCUT2D eigenvalue weighted by Gasteiger charge is -1.92. The number of hydrogen-bond donors (Lipinski definition) is 0. The molecule has 11 heavy (non-hydrogen) atoms. The zero-order valence-corrected chi connectivity index (χ0v) is 6.77. The first-order valence-corrected chi connectivity index (χ1v) is 4.23. The molecule has 2 heterocycles. The van der Waals surface area contributed by atoms with Gasteiger partial charge in [-0.05, 0) is 11.4 Å². The van der Waals surface area contributed by atoms with Gasteiger partial charge in [0.05, 0.1) is 0 Å². The molecule has 0 spiro atoms.